The van der Waals surface area contributed by atoms with Gasteiger partial charge in [-0.15, -0.1) is 0 Å². The smallest absolute Gasteiger partial charge is 0.312 e. The summed E-state index contributed by atoms with van der Waals surface area (Å²) < 4.78 is 0. The Hall–Kier alpha value is -2.17. The van der Waals surface area contributed by atoms with Crippen molar-refractivity contribution in [2.75, 3.05) is 13.1 Å². The normalized spacial score (nSPS) is 20.7. The van der Waals surface area contributed by atoms with Crippen LogP contribution in [0.3, 0.4) is 0 Å². The highest BCUT2D eigenvalue weighted by atomic mass is 16.2. The van der Waals surface area contributed by atoms with Crippen molar-refractivity contribution in [2.45, 2.75) is 38.1 Å². The molecule has 1 heterocycles. The van der Waals surface area contributed by atoms with Crippen LogP contribution in [0.5, 0.6) is 0 Å². The minimum atomic E-state index is -0.304. The van der Waals surface area contributed by atoms with Gasteiger partial charge >= 0.3 is 6.03 Å². The van der Waals surface area contributed by atoms with Crippen molar-refractivity contribution in [1.29, 1.82) is 0 Å². The molecule has 1 aliphatic heterocycles. The molecule has 5 heteroatoms. The van der Waals surface area contributed by atoms with E-state index in [1.54, 1.807) is 4.90 Å². The summed E-state index contributed by atoms with van der Waals surface area (Å²) in [5.41, 5.74) is 3.14. The minimum absolute atomic E-state index is 0.126. The van der Waals surface area contributed by atoms with Crippen LogP contribution in [0.15, 0.2) is 18.2 Å². The third-order valence-corrected chi connectivity index (χ3v) is 4.79. The van der Waals surface area contributed by atoms with Crippen LogP contribution in [0.1, 0.15) is 40.7 Å². The predicted octanol–water partition coefficient (Wildman–Crippen LogP) is 1.78. The number of rotatable bonds is 4. The maximum Gasteiger partial charge on any atom is 0.327 e. The van der Waals surface area contributed by atoms with Crippen LogP contribution in [0.25, 0.3) is 0 Å². The number of imide groups is 1. The van der Waals surface area contributed by atoms with Gasteiger partial charge in [0.2, 0.25) is 0 Å². The first-order valence-electron chi connectivity index (χ1n) is 7.89. The fourth-order valence-corrected chi connectivity index (χ4v) is 3.37. The van der Waals surface area contributed by atoms with E-state index in [0.717, 1.165) is 37.0 Å². The fraction of sp³-hybridized carbons (Fsp3) is 0.471. The highest BCUT2D eigenvalue weighted by Crippen LogP contribution is 2.30. The zero-order chi connectivity index (χ0) is 15.3. The number of nitrogens with zero attached hydrogens (tertiary/aromatic N) is 2. The lowest BCUT2D eigenvalue weighted by molar-refractivity contribution is -0.125. The summed E-state index contributed by atoms with van der Waals surface area (Å²) in [6.45, 7) is -0.0133. The third-order valence-electron chi connectivity index (χ3n) is 4.79. The number of amides is 3. The predicted molar refractivity (Wildman–Crippen MR) is 79.6 cm³/mol. The van der Waals surface area contributed by atoms with Gasteiger partial charge in [0.05, 0.1) is 6.54 Å². The number of aryl methyl sites for hydroxylation is 2. The first-order chi connectivity index (χ1) is 10.6. The number of hydrogen-bond donors (Lipinski definition) is 0. The molecule has 1 aromatic rings. The number of urea groups is 1. The van der Waals surface area contributed by atoms with E-state index < -0.39 is 0 Å². The van der Waals surface area contributed by atoms with E-state index in [2.05, 4.69) is 0 Å². The van der Waals surface area contributed by atoms with Crippen molar-refractivity contribution >= 4 is 17.7 Å². The summed E-state index contributed by atoms with van der Waals surface area (Å²) >= 11 is 0. The zero-order valence-electron chi connectivity index (χ0n) is 12.4. The average Bonchev–Trinajstić information content (AvgIpc) is 3.18. The molecule has 2 aliphatic carbocycles. The summed E-state index contributed by atoms with van der Waals surface area (Å²) in [6.07, 6.45) is 5.14. The lowest BCUT2D eigenvalue weighted by Gasteiger charge is -2.16. The van der Waals surface area contributed by atoms with E-state index in [1.807, 2.05) is 18.2 Å². The molecule has 4 rings (SSSR count). The molecule has 2 fully saturated rings. The summed E-state index contributed by atoms with van der Waals surface area (Å²) in [7, 11) is 0. The van der Waals surface area contributed by atoms with Crippen molar-refractivity contribution in [3.63, 3.8) is 0 Å². The highest BCUT2D eigenvalue weighted by Gasteiger charge is 2.44. The molecule has 1 saturated heterocycles. The molecule has 0 aromatic heterocycles. The Kier molecular flexibility index (Phi) is 3.03. The second-order valence-electron chi connectivity index (χ2n) is 6.38. The monoisotopic (exact) mass is 298 g/mol. The average molecular weight is 298 g/mol. The first kappa shape index (κ1) is 13.5. The lowest BCUT2D eigenvalue weighted by Crippen LogP contribution is -2.37. The molecule has 1 saturated carbocycles. The Bertz CT molecular complexity index is 678. The van der Waals surface area contributed by atoms with E-state index in [-0.39, 0.29) is 36.9 Å². The number of benzene rings is 1. The van der Waals surface area contributed by atoms with Crippen molar-refractivity contribution < 1.29 is 14.4 Å². The van der Waals surface area contributed by atoms with Gasteiger partial charge in [0.1, 0.15) is 6.54 Å². The summed E-state index contributed by atoms with van der Waals surface area (Å²) in [5.74, 6) is -0.416. The van der Waals surface area contributed by atoms with Gasteiger partial charge in [0, 0.05) is 11.6 Å². The van der Waals surface area contributed by atoms with Gasteiger partial charge in [-0.05, 0) is 49.3 Å². The second-order valence-corrected chi connectivity index (χ2v) is 6.38. The van der Waals surface area contributed by atoms with Crippen LogP contribution in [-0.4, -0.2) is 46.7 Å². The standard InChI is InChI=1S/C17H18N2O3/c20-15(13-5-4-11-2-1-3-12(11)8-13)9-19-16(21)10-18(17(19)22)14-6-7-14/h4-5,8,14H,1-3,6-7,9-10H2. The number of Topliss-reactive ketones (excluding diaryl/α,β-unsaturated/α-hetero) is 1. The van der Waals surface area contributed by atoms with E-state index in [1.165, 1.54) is 11.1 Å². The van der Waals surface area contributed by atoms with Gasteiger partial charge in [-0.3, -0.25) is 14.5 Å². The third kappa shape index (κ3) is 2.21. The Labute approximate surface area is 128 Å². The molecular formula is C17H18N2O3. The van der Waals surface area contributed by atoms with Crippen LogP contribution >= 0.6 is 0 Å². The van der Waals surface area contributed by atoms with E-state index >= 15 is 0 Å². The Morgan fingerprint density at radius 2 is 1.91 bits per heavy atom. The maximum atomic E-state index is 12.4. The molecule has 3 amide bonds. The van der Waals surface area contributed by atoms with Crippen molar-refractivity contribution in [2.24, 2.45) is 0 Å². The van der Waals surface area contributed by atoms with E-state index in [9.17, 15) is 14.4 Å². The molecule has 3 aliphatic rings. The van der Waals surface area contributed by atoms with Crippen molar-refractivity contribution in [3.8, 4) is 0 Å². The summed E-state index contributed by atoms with van der Waals surface area (Å²) in [6, 6.07) is 5.64. The molecule has 0 spiro atoms. The van der Waals surface area contributed by atoms with Crippen molar-refractivity contribution in [1.82, 2.24) is 9.80 Å². The van der Waals surface area contributed by atoms with Crippen LogP contribution in [0.2, 0.25) is 0 Å². The maximum absolute atomic E-state index is 12.4. The Balaban J connectivity index is 1.49. The number of carbonyl (C=O) groups excluding carboxylic acids is 3. The topological polar surface area (TPSA) is 57.7 Å². The first-order valence-corrected chi connectivity index (χ1v) is 7.89. The van der Waals surface area contributed by atoms with E-state index in [4.69, 9.17) is 0 Å². The largest absolute Gasteiger partial charge is 0.327 e. The molecule has 0 unspecified atom stereocenters. The summed E-state index contributed by atoms with van der Waals surface area (Å²) in [4.78, 5) is 39.3. The van der Waals surface area contributed by atoms with E-state index in [0.29, 0.717) is 5.56 Å². The number of carbonyl (C=O) groups is 3. The van der Waals surface area contributed by atoms with Crippen LogP contribution in [0.4, 0.5) is 4.79 Å². The van der Waals surface area contributed by atoms with Crippen molar-refractivity contribution in [3.05, 3.63) is 34.9 Å². The Morgan fingerprint density at radius 3 is 2.68 bits per heavy atom. The molecule has 0 radical (unpaired) electrons. The van der Waals surface area contributed by atoms with Gasteiger partial charge in [-0.2, -0.15) is 0 Å². The molecule has 114 valence electrons. The quantitative estimate of drug-likeness (QED) is 0.629. The van der Waals surface area contributed by atoms with Crippen LogP contribution < -0.4 is 0 Å². The summed E-state index contributed by atoms with van der Waals surface area (Å²) in [5, 5.41) is 0. The van der Waals surface area contributed by atoms with Gasteiger partial charge in [0.15, 0.2) is 5.78 Å². The number of ketones is 1. The van der Waals surface area contributed by atoms with Gasteiger partial charge in [-0.1, -0.05) is 12.1 Å². The minimum Gasteiger partial charge on any atom is -0.312 e. The number of fused-ring (bicyclic) bond motifs is 1. The highest BCUT2D eigenvalue weighted by molar-refractivity contribution is 6.08. The fourth-order valence-electron chi connectivity index (χ4n) is 3.37. The molecule has 0 atom stereocenters. The van der Waals surface area contributed by atoms with Gasteiger partial charge < -0.3 is 4.90 Å². The van der Waals surface area contributed by atoms with Crippen LogP contribution in [-0.2, 0) is 17.6 Å². The Morgan fingerprint density at radius 1 is 1.14 bits per heavy atom. The van der Waals surface area contributed by atoms with Gasteiger partial charge in [0.25, 0.3) is 5.91 Å². The molecule has 1 aromatic carbocycles. The van der Waals surface area contributed by atoms with Crippen LogP contribution in [0, 0.1) is 0 Å². The lowest BCUT2D eigenvalue weighted by atomic mass is 10.0. The SMILES string of the molecule is O=C(CN1C(=O)CN(C2CC2)C1=O)c1ccc2c(c1)CCC2. The molecular weight excluding hydrogens is 280 g/mol. The number of hydrogen-bond acceptors (Lipinski definition) is 3. The zero-order valence-corrected chi connectivity index (χ0v) is 12.4. The molecule has 22 heavy (non-hydrogen) atoms. The molecule has 0 bridgehead atoms. The van der Waals surface area contributed by atoms with Gasteiger partial charge in [-0.25, -0.2) is 4.79 Å². The molecule has 5 nitrogen and oxygen atoms in total. The molecule has 0 N–H and O–H groups in total. The second kappa shape index (κ2) is 4.93.